The summed E-state index contributed by atoms with van der Waals surface area (Å²) < 4.78 is 11.5. The fourth-order valence-electron chi connectivity index (χ4n) is 2.49. The van der Waals surface area contributed by atoms with Crippen LogP contribution in [0.5, 0.6) is 0 Å². The van der Waals surface area contributed by atoms with E-state index in [1.54, 1.807) is 0 Å². The maximum Gasteiger partial charge on any atom is 0.0770 e. The zero-order chi connectivity index (χ0) is 10.8. The van der Waals surface area contributed by atoms with Crippen molar-refractivity contribution in [1.29, 1.82) is 0 Å². The van der Waals surface area contributed by atoms with Gasteiger partial charge in [-0.1, -0.05) is 30.3 Å². The van der Waals surface area contributed by atoms with Gasteiger partial charge in [-0.05, 0) is 12.0 Å². The Morgan fingerprint density at radius 2 is 2.12 bits per heavy atom. The molecule has 0 aromatic heterocycles. The van der Waals surface area contributed by atoms with Gasteiger partial charge in [0.2, 0.25) is 0 Å². The highest BCUT2D eigenvalue weighted by atomic mass is 16.5. The average molecular weight is 219 g/mol. The van der Waals surface area contributed by atoms with Gasteiger partial charge in [-0.25, -0.2) is 0 Å². The Balaban J connectivity index is 1.56. The predicted molar refractivity (Wildman–Crippen MR) is 61.2 cm³/mol. The van der Waals surface area contributed by atoms with E-state index >= 15 is 0 Å². The van der Waals surface area contributed by atoms with E-state index in [0.717, 1.165) is 19.6 Å². The normalized spacial score (nSPS) is 32.9. The Bertz CT molecular complexity index is 341. The molecule has 1 N–H and O–H groups in total. The molecule has 2 heterocycles. The van der Waals surface area contributed by atoms with Gasteiger partial charge in [0.15, 0.2) is 0 Å². The molecule has 1 aromatic carbocycles. The van der Waals surface area contributed by atoms with Gasteiger partial charge in [0.05, 0.1) is 32.0 Å². The van der Waals surface area contributed by atoms with Gasteiger partial charge < -0.3 is 14.8 Å². The van der Waals surface area contributed by atoms with E-state index in [9.17, 15) is 0 Å². The van der Waals surface area contributed by atoms with E-state index in [0.29, 0.717) is 24.8 Å². The molecule has 1 aromatic rings. The van der Waals surface area contributed by atoms with Crippen molar-refractivity contribution in [2.45, 2.75) is 31.2 Å². The van der Waals surface area contributed by atoms with Crippen molar-refractivity contribution in [2.24, 2.45) is 0 Å². The van der Waals surface area contributed by atoms with Gasteiger partial charge >= 0.3 is 0 Å². The first-order valence-electron chi connectivity index (χ1n) is 5.91. The van der Waals surface area contributed by atoms with Crippen LogP contribution in [0.15, 0.2) is 30.3 Å². The Hall–Kier alpha value is -0.900. The van der Waals surface area contributed by atoms with Crippen LogP contribution in [-0.4, -0.2) is 31.4 Å². The first-order valence-corrected chi connectivity index (χ1v) is 5.91. The maximum absolute atomic E-state index is 5.96. The Morgan fingerprint density at radius 3 is 2.94 bits per heavy atom. The van der Waals surface area contributed by atoms with Crippen molar-refractivity contribution >= 4 is 0 Å². The molecular weight excluding hydrogens is 202 g/mol. The first-order chi connectivity index (χ1) is 7.92. The number of ether oxygens (including phenoxy) is 2. The van der Waals surface area contributed by atoms with Crippen molar-refractivity contribution < 1.29 is 9.47 Å². The number of hydrogen-bond acceptors (Lipinski definition) is 3. The van der Waals surface area contributed by atoms with E-state index < -0.39 is 0 Å². The molecule has 3 heteroatoms. The summed E-state index contributed by atoms with van der Waals surface area (Å²) in [4.78, 5) is 0. The molecule has 2 aliphatic heterocycles. The summed E-state index contributed by atoms with van der Waals surface area (Å²) in [7, 11) is 0. The number of nitrogens with one attached hydrogen (secondary N) is 1. The summed E-state index contributed by atoms with van der Waals surface area (Å²) in [6.07, 6.45) is 1.39. The summed E-state index contributed by atoms with van der Waals surface area (Å²) in [6, 6.07) is 11.2. The SMILES string of the molecule is c1ccc(CO[C@@H]2C[C@@H]3COC[C@H]2N3)cc1. The highest BCUT2D eigenvalue weighted by Crippen LogP contribution is 2.22. The van der Waals surface area contributed by atoms with Crippen LogP contribution in [-0.2, 0) is 16.1 Å². The Morgan fingerprint density at radius 1 is 1.25 bits per heavy atom. The van der Waals surface area contributed by atoms with Crippen LogP contribution in [0.4, 0.5) is 0 Å². The molecule has 3 nitrogen and oxygen atoms in total. The quantitative estimate of drug-likeness (QED) is 0.832. The van der Waals surface area contributed by atoms with Gasteiger partial charge in [-0.3, -0.25) is 0 Å². The molecule has 3 atom stereocenters. The number of rotatable bonds is 3. The van der Waals surface area contributed by atoms with E-state index in [1.807, 2.05) is 18.2 Å². The van der Waals surface area contributed by atoms with Crippen LogP contribution in [0.3, 0.4) is 0 Å². The van der Waals surface area contributed by atoms with Gasteiger partial charge in [-0.2, -0.15) is 0 Å². The average Bonchev–Trinajstić information content (AvgIpc) is 2.63. The van der Waals surface area contributed by atoms with Gasteiger partial charge in [-0.15, -0.1) is 0 Å². The predicted octanol–water partition coefficient (Wildman–Crippen LogP) is 1.33. The molecule has 86 valence electrons. The highest BCUT2D eigenvalue weighted by Gasteiger charge is 2.37. The van der Waals surface area contributed by atoms with E-state index in [4.69, 9.17) is 9.47 Å². The van der Waals surface area contributed by atoms with Crippen molar-refractivity contribution in [3.63, 3.8) is 0 Å². The minimum Gasteiger partial charge on any atom is -0.378 e. The molecular formula is C13H17NO2. The summed E-state index contributed by atoms with van der Waals surface area (Å²) >= 11 is 0. The van der Waals surface area contributed by atoms with Crippen molar-refractivity contribution in [3.05, 3.63) is 35.9 Å². The van der Waals surface area contributed by atoms with Crippen LogP contribution < -0.4 is 5.32 Å². The summed E-state index contributed by atoms with van der Waals surface area (Å²) in [5.41, 5.74) is 1.24. The van der Waals surface area contributed by atoms with Gasteiger partial charge in [0.25, 0.3) is 0 Å². The third kappa shape index (κ3) is 2.12. The third-order valence-corrected chi connectivity index (χ3v) is 3.34. The van der Waals surface area contributed by atoms with E-state index in [2.05, 4.69) is 17.4 Å². The van der Waals surface area contributed by atoms with Crippen LogP contribution in [0.2, 0.25) is 0 Å². The van der Waals surface area contributed by atoms with E-state index in [1.165, 1.54) is 5.56 Å². The molecule has 0 saturated carbocycles. The Labute approximate surface area is 95.8 Å². The zero-order valence-electron chi connectivity index (χ0n) is 9.26. The Kier molecular flexibility index (Phi) is 2.91. The first kappa shape index (κ1) is 10.3. The fraction of sp³-hybridized carbons (Fsp3) is 0.538. The number of benzene rings is 1. The lowest BCUT2D eigenvalue weighted by atomic mass is 10.1. The fourth-order valence-corrected chi connectivity index (χ4v) is 2.49. The minimum atomic E-state index is 0.313. The summed E-state index contributed by atoms with van der Waals surface area (Å²) in [6.45, 7) is 2.33. The lowest BCUT2D eigenvalue weighted by Crippen LogP contribution is -2.44. The number of hydrogen-bond donors (Lipinski definition) is 1. The third-order valence-electron chi connectivity index (χ3n) is 3.34. The molecule has 0 aliphatic carbocycles. The van der Waals surface area contributed by atoms with Crippen molar-refractivity contribution in [2.75, 3.05) is 13.2 Å². The second-order valence-electron chi connectivity index (χ2n) is 4.58. The molecule has 0 spiro atoms. The smallest absolute Gasteiger partial charge is 0.0770 e. The molecule has 3 rings (SSSR count). The molecule has 2 saturated heterocycles. The number of morpholine rings is 1. The molecule has 2 bridgehead atoms. The van der Waals surface area contributed by atoms with E-state index in [-0.39, 0.29) is 0 Å². The summed E-state index contributed by atoms with van der Waals surface area (Å²) in [5, 5.41) is 3.53. The highest BCUT2D eigenvalue weighted by molar-refractivity contribution is 5.13. The monoisotopic (exact) mass is 219 g/mol. The maximum atomic E-state index is 5.96. The molecule has 0 amide bonds. The number of fused-ring (bicyclic) bond motifs is 2. The largest absolute Gasteiger partial charge is 0.378 e. The lowest BCUT2D eigenvalue weighted by Gasteiger charge is -2.23. The standard InChI is InChI=1S/C13H17NO2/c1-2-4-10(5-3-1)7-16-13-6-11-8-15-9-12(13)14-11/h1-5,11-14H,6-9H2/t11-,12-,13-/m1/s1. The summed E-state index contributed by atoms with van der Waals surface area (Å²) in [5.74, 6) is 0. The van der Waals surface area contributed by atoms with Crippen molar-refractivity contribution in [3.8, 4) is 0 Å². The second-order valence-corrected chi connectivity index (χ2v) is 4.58. The van der Waals surface area contributed by atoms with Crippen LogP contribution >= 0.6 is 0 Å². The molecule has 16 heavy (non-hydrogen) atoms. The topological polar surface area (TPSA) is 30.5 Å². The molecule has 0 unspecified atom stereocenters. The van der Waals surface area contributed by atoms with Crippen molar-refractivity contribution in [1.82, 2.24) is 5.32 Å². The van der Waals surface area contributed by atoms with Gasteiger partial charge in [0.1, 0.15) is 0 Å². The van der Waals surface area contributed by atoms with Crippen LogP contribution in [0.25, 0.3) is 0 Å². The molecule has 0 radical (unpaired) electrons. The van der Waals surface area contributed by atoms with Crippen LogP contribution in [0.1, 0.15) is 12.0 Å². The zero-order valence-corrected chi connectivity index (χ0v) is 9.26. The van der Waals surface area contributed by atoms with Gasteiger partial charge in [0, 0.05) is 6.04 Å². The minimum absolute atomic E-state index is 0.313. The lowest BCUT2D eigenvalue weighted by molar-refractivity contribution is 0.00801. The van der Waals surface area contributed by atoms with Crippen LogP contribution in [0, 0.1) is 0 Å². The molecule has 2 fully saturated rings. The second kappa shape index (κ2) is 4.53. The molecule has 2 aliphatic rings.